The Hall–Kier alpha value is -1.35. The van der Waals surface area contributed by atoms with Crippen molar-refractivity contribution in [3.05, 3.63) is 35.9 Å². The van der Waals surface area contributed by atoms with Crippen LogP contribution in [0.1, 0.15) is 57.4 Å². The molecule has 1 atom stereocenters. The smallest absolute Gasteiger partial charge is 0.240 e. The lowest BCUT2D eigenvalue weighted by atomic mass is 9.81. The van der Waals surface area contributed by atoms with Gasteiger partial charge in [-0.3, -0.25) is 4.79 Å². The van der Waals surface area contributed by atoms with Gasteiger partial charge in [0.05, 0.1) is 5.54 Å². The van der Waals surface area contributed by atoms with Crippen molar-refractivity contribution in [3.8, 4) is 0 Å². The van der Waals surface area contributed by atoms with Crippen LogP contribution >= 0.6 is 0 Å². The van der Waals surface area contributed by atoms with Crippen molar-refractivity contribution >= 4 is 5.91 Å². The molecule has 2 rings (SSSR count). The quantitative estimate of drug-likeness (QED) is 0.874. The summed E-state index contributed by atoms with van der Waals surface area (Å²) in [6.45, 7) is 5.06. The largest absolute Gasteiger partial charge is 0.354 e. The molecule has 1 amide bonds. The number of amides is 1. The molecule has 1 aromatic rings. The number of carbonyl (C=O) groups excluding carboxylic acids is 1. The Bertz CT molecular complexity index is 450. The summed E-state index contributed by atoms with van der Waals surface area (Å²) >= 11 is 0. The molecule has 3 nitrogen and oxygen atoms in total. The van der Waals surface area contributed by atoms with Gasteiger partial charge in [0.1, 0.15) is 0 Å². The van der Waals surface area contributed by atoms with E-state index in [1.54, 1.807) is 0 Å². The van der Waals surface area contributed by atoms with Gasteiger partial charge >= 0.3 is 0 Å². The van der Waals surface area contributed by atoms with Crippen LogP contribution in [0.25, 0.3) is 0 Å². The lowest BCUT2D eigenvalue weighted by molar-refractivity contribution is -0.127. The highest BCUT2D eigenvalue weighted by atomic mass is 16.2. The number of hydrogen-bond donors (Lipinski definition) is 2. The third kappa shape index (κ3) is 4.07. The molecular formula is C18H28N2O. The monoisotopic (exact) mass is 288 g/mol. The molecule has 1 aromatic carbocycles. The van der Waals surface area contributed by atoms with Gasteiger partial charge in [-0.25, -0.2) is 0 Å². The molecule has 0 saturated heterocycles. The van der Waals surface area contributed by atoms with Gasteiger partial charge in [0.25, 0.3) is 0 Å². The Morgan fingerprint density at radius 1 is 1.19 bits per heavy atom. The molecule has 0 aromatic heterocycles. The lowest BCUT2D eigenvalue weighted by Crippen LogP contribution is -2.55. The molecule has 1 aliphatic carbocycles. The fraction of sp³-hybridized carbons (Fsp3) is 0.611. The van der Waals surface area contributed by atoms with Crippen molar-refractivity contribution in [2.45, 2.75) is 57.4 Å². The predicted molar refractivity (Wildman–Crippen MR) is 87.0 cm³/mol. The fourth-order valence-electron chi connectivity index (χ4n) is 3.23. The molecule has 1 unspecified atom stereocenters. The molecule has 3 N–H and O–H groups in total. The zero-order valence-electron chi connectivity index (χ0n) is 13.3. The van der Waals surface area contributed by atoms with Gasteiger partial charge in [0.2, 0.25) is 5.91 Å². The van der Waals surface area contributed by atoms with Crippen LogP contribution in [0, 0.1) is 5.92 Å². The van der Waals surface area contributed by atoms with Gasteiger partial charge in [-0.2, -0.15) is 0 Å². The van der Waals surface area contributed by atoms with Crippen LogP contribution in [0.2, 0.25) is 0 Å². The second kappa shape index (κ2) is 7.08. The minimum absolute atomic E-state index is 0.0313. The third-order valence-corrected chi connectivity index (χ3v) is 4.71. The molecule has 1 aliphatic rings. The van der Waals surface area contributed by atoms with Crippen molar-refractivity contribution in [1.82, 2.24) is 5.32 Å². The van der Waals surface area contributed by atoms with Crippen LogP contribution in [0.3, 0.4) is 0 Å². The first kappa shape index (κ1) is 16.0. The van der Waals surface area contributed by atoms with Gasteiger partial charge in [-0.15, -0.1) is 0 Å². The average Bonchev–Trinajstić information content (AvgIpc) is 2.48. The van der Waals surface area contributed by atoms with Gasteiger partial charge in [-0.05, 0) is 24.3 Å². The Labute approximate surface area is 128 Å². The Balaban J connectivity index is 1.97. The maximum absolute atomic E-state index is 12.4. The molecule has 3 heteroatoms. The number of nitrogens with two attached hydrogens (primary N) is 1. The first-order valence-electron chi connectivity index (χ1n) is 8.15. The Kier molecular flexibility index (Phi) is 5.40. The van der Waals surface area contributed by atoms with Crippen molar-refractivity contribution in [2.75, 3.05) is 6.54 Å². The number of benzene rings is 1. The van der Waals surface area contributed by atoms with E-state index in [0.717, 1.165) is 25.7 Å². The van der Waals surface area contributed by atoms with Crippen LogP contribution in [0.4, 0.5) is 0 Å². The maximum atomic E-state index is 12.4. The highest BCUT2D eigenvalue weighted by Crippen LogP contribution is 2.27. The topological polar surface area (TPSA) is 55.1 Å². The average molecular weight is 288 g/mol. The van der Waals surface area contributed by atoms with Crippen molar-refractivity contribution in [2.24, 2.45) is 11.7 Å². The molecule has 0 aliphatic heterocycles. The van der Waals surface area contributed by atoms with E-state index in [2.05, 4.69) is 43.4 Å². The van der Waals surface area contributed by atoms with E-state index < -0.39 is 5.54 Å². The molecule has 1 saturated carbocycles. The lowest BCUT2D eigenvalue weighted by Gasteiger charge is -2.33. The number of nitrogens with one attached hydrogen (secondary N) is 1. The molecule has 0 spiro atoms. The molecule has 0 radical (unpaired) electrons. The zero-order valence-corrected chi connectivity index (χ0v) is 13.3. The fourth-order valence-corrected chi connectivity index (χ4v) is 3.23. The minimum atomic E-state index is -0.642. The summed E-state index contributed by atoms with van der Waals surface area (Å²) in [5.41, 5.74) is 6.93. The summed E-state index contributed by atoms with van der Waals surface area (Å²) in [6.07, 6.45) is 4.96. The molecule has 21 heavy (non-hydrogen) atoms. The van der Waals surface area contributed by atoms with Crippen LogP contribution < -0.4 is 11.1 Å². The van der Waals surface area contributed by atoms with E-state index >= 15 is 0 Å². The Morgan fingerprint density at radius 3 is 2.38 bits per heavy atom. The standard InChI is InChI=1S/C18H28N2O/c1-14(2)16(15-9-5-3-6-10-15)13-20-17(21)18(19)11-7-4-8-12-18/h3,5-6,9-10,14,16H,4,7-8,11-13,19H2,1-2H3,(H,20,21). The van der Waals surface area contributed by atoms with E-state index in [4.69, 9.17) is 5.73 Å². The first-order chi connectivity index (χ1) is 10.0. The first-order valence-corrected chi connectivity index (χ1v) is 8.15. The molecule has 0 bridgehead atoms. The van der Waals surface area contributed by atoms with E-state index in [1.165, 1.54) is 12.0 Å². The second-order valence-corrected chi connectivity index (χ2v) is 6.69. The van der Waals surface area contributed by atoms with Crippen LogP contribution in [-0.4, -0.2) is 18.0 Å². The number of carbonyl (C=O) groups is 1. The van der Waals surface area contributed by atoms with Crippen LogP contribution in [0.5, 0.6) is 0 Å². The van der Waals surface area contributed by atoms with Crippen LogP contribution in [-0.2, 0) is 4.79 Å². The van der Waals surface area contributed by atoms with Crippen molar-refractivity contribution < 1.29 is 4.79 Å². The SMILES string of the molecule is CC(C)C(CNC(=O)C1(N)CCCCC1)c1ccccc1. The van der Waals surface area contributed by atoms with Gasteiger partial charge in [0.15, 0.2) is 0 Å². The Morgan fingerprint density at radius 2 is 1.81 bits per heavy atom. The van der Waals surface area contributed by atoms with Gasteiger partial charge in [0, 0.05) is 12.5 Å². The van der Waals surface area contributed by atoms with Crippen molar-refractivity contribution in [3.63, 3.8) is 0 Å². The molecule has 116 valence electrons. The zero-order chi connectivity index (χ0) is 15.3. The van der Waals surface area contributed by atoms with Crippen LogP contribution in [0.15, 0.2) is 30.3 Å². The molecule has 0 heterocycles. The molecular weight excluding hydrogens is 260 g/mol. The summed E-state index contributed by atoms with van der Waals surface area (Å²) in [6, 6.07) is 10.4. The van der Waals surface area contributed by atoms with E-state index in [9.17, 15) is 4.79 Å². The van der Waals surface area contributed by atoms with Gasteiger partial charge < -0.3 is 11.1 Å². The number of rotatable bonds is 5. The van der Waals surface area contributed by atoms with Crippen molar-refractivity contribution in [1.29, 1.82) is 0 Å². The van der Waals surface area contributed by atoms with E-state index in [-0.39, 0.29) is 5.91 Å². The second-order valence-electron chi connectivity index (χ2n) is 6.69. The summed E-state index contributed by atoms with van der Waals surface area (Å²) in [5, 5.41) is 3.11. The minimum Gasteiger partial charge on any atom is -0.354 e. The highest BCUT2D eigenvalue weighted by molar-refractivity contribution is 5.86. The summed E-state index contributed by atoms with van der Waals surface area (Å²) < 4.78 is 0. The third-order valence-electron chi connectivity index (χ3n) is 4.71. The number of hydrogen-bond acceptors (Lipinski definition) is 2. The van der Waals surface area contributed by atoms with E-state index in [1.807, 2.05) is 6.07 Å². The maximum Gasteiger partial charge on any atom is 0.240 e. The normalized spacial score (nSPS) is 19.2. The summed E-state index contributed by atoms with van der Waals surface area (Å²) in [7, 11) is 0. The highest BCUT2D eigenvalue weighted by Gasteiger charge is 2.35. The summed E-state index contributed by atoms with van der Waals surface area (Å²) in [4.78, 5) is 12.4. The van der Waals surface area contributed by atoms with E-state index in [0.29, 0.717) is 18.4 Å². The predicted octanol–water partition coefficient (Wildman–Crippen LogP) is 3.20. The molecule has 1 fully saturated rings. The van der Waals surface area contributed by atoms with Gasteiger partial charge in [-0.1, -0.05) is 63.4 Å². The summed E-state index contributed by atoms with van der Waals surface area (Å²) in [5.74, 6) is 0.846.